The van der Waals surface area contributed by atoms with Gasteiger partial charge in [-0.1, -0.05) is 24.1 Å². The van der Waals surface area contributed by atoms with Crippen LogP contribution in [0.25, 0.3) is 0 Å². The van der Waals surface area contributed by atoms with Gasteiger partial charge in [0.2, 0.25) is 0 Å². The zero-order valence-corrected chi connectivity index (χ0v) is 6.98. The summed E-state index contributed by atoms with van der Waals surface area (Å²) in [6.07, 6.45) is 4.21. The van der Waals surface area contributed by atoms with Crippen LogP contribution in [-0.4, -0.2) is 20.5 Å². The molecule has 0 bridgehead atoms. The van der Waals surface area contributed by atoms with Gasteiger partial charge in [0.1, 0.15) is 0 Å². The van der Waals surface area contributed by atoms with Crippen molar-refractivity contribution < 1.29 is 0 Å². The average Bonchev–Trinajstić information content (AvgIpc) is 1.83. The van der Waals surface area contributed by atoms with Gasteiger partial charge in [0, 0.05) is 20.5 Å². The van der Waals surface area contributed by atoms with Crippen LogP contribution in [0.4, 0.5) is 0 Å². The summed E-state index contributed by atoms with van der Waals surface area (Å²) in [6, 6.07) is 1.02. The summed E-state index contributed by atoms with van der Waals surface area (Å²) in [5, 5.41) is 0. The van der Waals surface area contributed by atoms with E-state index in [2.05, 4.69) is 27.1 Å². The summed E-state index contributed by atoms with van der Waals surface area (Å²) in [5.74, 6) is 0. The molecule has 0 aromatic heterocycles. The standard InChI is InChI=1S/C6H10Si2/c1-2-3-4-6(8)5-7/h2,6H,1,3-5H2. The Morgan fingerprint density at radius 2 is 2.25 bits per heavy atom. The van der Waals surface area contributed by atoms with Gasteiger partial charge in [-0.25, -0.2) is 0 Å². The topological polar surface area (TPSA) is 0 Å². The first-order valence-corrected chi connectivity index (χ1v) is 4.06. The molecule has 0 amide bonds. The van der Waals surface area contributed by atoms with Gasteiger partial charge >= 0.3 is 0 Å². The van der Waals surface area contributed by atoms with Crippen molar-refractivity contribution in [1.82, 2.24) is 0 Å². The van der Waals surface area contributed by atoms with Crippen LogP contribution in [0.1, 0.15) is 12.8 Å². The fraction of sp³-hybridized carbons (Fsp3) is 0.667. The van der Waals surface area contributed by atoms with Crippen molar-refractivity contribution in [3.8, 4) is 0 Å². The smallest absolute Gasteiger partial charge is 0.0262 e. The zero-order chi connectivity index (χ0) is 6.41. The largest absolute Gasteiger partial charge is 0.103 e. The van der Waals surface area contributed by atoms with Crippen LogP contribution in [0.3, 0.4) is 0 Å². The lowest BCUT2D eigenvalue weighted by Gasteiger charge is -2.02. The minimum atomic E-state index is 0.602. The molecule has 0 aromatic carbocycles. The monoisotopic (exact) mass is 138 g/mol. The first-order valence-electron chi connectivity index (χ1n) is 2.78. The minimum absolute atomic E-state index is 0.602. The van der Waals surface area contributed by atoms with Crippen molar-refractivity contribution >= 4 is 20.5 Å². The summed E-state index contributed by atoms with van der Waals surface area (Å²) < 4.78 is 0. The molecule has 0 N–H and O–H groups in total. The van der Waals surface area contributed by atoms with E-state index in [0.29, 0.717) is 5.54 Å². The van der Waals surface area contributed by atoms with Crippen molar-refractivity contribution in [1.29, 1.82) is 0 Å². The molecule has 42 valence electrons. The first kappa shape index (κ1) is 8.17. The van der Waals surface area contributed by atoms with E-state index in [0.717, 1.165) is 12.5 Å². The van der Waals surface area contributed by atoms with E-state index in [-0.39, 0.29) is 0 Å². The lowest BCUT2D eigenvalue weighted by atomic mass is 10.2. The van der Waals surface area contributed by atoms with Crippen molar-refractivity contribution in [2.45, 2.75) is 24.4 Å². The molecule has 0 saturated carbocycles. The van der Waals surface area contributed by atoms with E-state index in [9.17, 15) is 0 Å². The zero-order valence-electron chi connectivity index (χ0n) is 4.98. The Bertz CT molecular complexity index is 61.5. The maximum absolute atomic E-state index is 3.63. The van der Waals surface area contributed by atoms with Crippen molar-refractivity contribution in [3.63, 3.8) is 0 Å². The molecule has 0 aromatic rings. The highest BCUT2D eigenvalue weighted by molar-refractivity contribution is 6.18. The van der Waals surface area contributed by atoms with E-state index in [1.807, 2.05) is 6.08 Å². The second-order valence-electron chi connectivity index (χ2n) is 1.77. The van der Waals surface area contributed by atoms with Crippen molar-refractivity contribution in [3.05, 3.63) is 12.7 Å². The maximum Gasteiger partial charge on any atom is 0.0262 e. The highest BCUT2D eigenvalue weighted by Crippen LogP contribution is 2.11. The second-order valence-corrected chi connectivity index (χ2v) is 2.99. The highest BCUT2D eigenvalue weighted by Gasteiger charge is 1.94. The van der Waals surface area contributed by atoms with Gasteiger partial charge in [0.25, 0.3) is 0 Å². The van der Waals surface area contributed by atoms with Gasteiger partial charge in [-0.3, -0.25) is 0 Å². The van der Waals surface area contributed by atoms with Gasteiger partial charge < -0.3 is 0 Å². The summed E-state index contributed by atoms with van der Waals surface area (Å²) in [6.45, 7) is 3.63. The number of hydrogen-bond donors (Lipinski definition) is 0. The Morgan fingerprint density at radius 3 is 2.62 bits per heavy atom. The molecule has 0 rings (SSSR count). The molecule has 0 aliphatic heterocycles. The molecule has 0 fully saturated rings. The van der Waals surface area contributed by atoms with Crippen LogP contribution >= 0.6 is 0 Å². The Kier molecular flexibility index (Phi) is 5.43. The molecule has 2 heteroatoms. The average molecular weight is 138 g/mol. The lowest BCUT2D eigenvalue weighted by Crippen LogP contribution is -1.88. The van der Waals surface area contributed by atoms with Gasteiger partial charge in [-0.15, -0.1) is 6.58 Å². The predicted octanol–water partition coefficient (Wildman–Crippen LogP) is 1.50. The lowest BCUT2D eigenvalue weighted by molar-refractivity contribution is 0.811. The summed E-state index contributed by atoms with van der Waals surface area (Å²) in [5.41, 5.74) is 0.602. The number of rotatable bonds is 4. The molecular weight excluding hydrogens is 128 g/mol. The second kappa shape index (κ2) is 5.31. The molecule has 0 spiro atoms. The van der Waals surface area contributed by atoms with E-state index in [4.69, 9.17) is 0 Å². The van der Waals surface area contributed by atoms with Gasteiger partial charge in [-0.2, -0.15) is 0 Å². The van der Waals surface area contributed by atoms with Crippen LogP contribution in [0.5, 0.6) is 0 Å². The third-order valence-electron chi connectivity index (χ3n) is 0.966. The number of allylic oxidation sites excluding steroid dienone is 1. The molecule has 0 nitrogen and oxygen atoms in total. The SMILES string of the molecule is C=CCCC([Si])C[Si]. The normalized spacial score (nSPS) is 13.2. The molecule has 0 saturated heterocycles. The third kappa shape index (κ3) is 4.34. The van der Waals surface area contributed by atoms with Crippen molar-refractivity contribution in [2.75, 3.05) is 0 Å². The van der Waals surface area contributed by atoms with Crippen LogP contribution in [0.2, 0.25) is 11.6 Å². The molecule has 1 atom stereocenters. The highest BCUT2D eigenvalue weighted by atomic mass is 28.2. The van der Waals surface area contributed by atoms with Crippen LogP contribution in [-0.2, 0) is 0 Å². The van der Waals surface area contributed by atoms with E-state index < -0.39 is 0 Å². The molecule has 0 aliphatic rings. The molecule has 0 aliphatic carbocycles. The Hall–Kier alpha value is 0.174. The van der Waals surface area contributed by atoms with Gasteiger partial charge in [0.15, 0.2) is 0 Å². The van der Waals surface area contributed by atoms with Crippen LogP contribution in [0.15, 0.2) is 12.7 Å². The minimum Gasteiger partial charge on any atom is -0.103 e. The molecule has 0 heterocycles. The summed E-state index contributed by atoms with van der Waals surface area (Å²) >= 11 is 0. The molecular formula is C6H10Si2. The van der Waals surface area contributed by atoms with Crippen LogP contribution < -0.4 is 0 Å². The Morgan fingerprint density at radius 1 is 1.62 bits per heavy atom. The Balaban J connectivity index is 2.97. The van der Waals surface area contributed by atoms with Gasteiger partial charge in [-0.05, 0) is 6.42 Å². The van der Waals surface area contributed by atoms with E-state index in [1.54, 1.807) is 0 Å². The molecule has 1 unspecified atom stereocenters. The Labute approximate surface area is 58.2 Å². The van der Waals surface area contributed by atoms with Crippen LogP contribution in [0, 0.1) is 0 Å². The third-order valence-corrected chi connectivity index (χ3v) is 2.36. The van der Waals surface area contributed by atoms with Gasteiger partial charge in [0.05, 0.1) is 0 Å². The fourth-order valence-corrected chi connectivity index (χ4v) is 0.792. The maximum atomic E-state index is 3.63. The first-order chi connectivity index (χ1) is 3.81. The summed E-state index contributed by atoms with van der Waals surface area (Å²) in [7, 11) is 6.93. The predicted molar refractivity (Wildman–Crippen MR) is 39.5 cm³/mol. The van der Waals surface area contributed by atoms with E-state index >= 15 is 0 Å². The summed E-state index contributed by atoms with van der Waals surface area (Å²) in [4.78, 5) is 0. The molecule has 6 radical (unpaired) electrons. The van der Waals surface area contributed by atoms with Crippen molar-refractivity contribution in [2.24, 2.45) is 0 Å². The van der Waals surface area contributed by atoms with E-state index in [1.165, 1.54) is 6.42 Å². The molecule has 8 heavy (non-hydrogen) atoms. The fourth-order valence-electron chi connectivity index (χ4n) is 0.421. The quantitative estimate of drug-likeness (QED) is 0.408. The number of hydrogen-bond acceptors (Lipinski definition) is 0.